The van der Waals surface area contributed by atoms with Crippen LogP contribution in [0.25, 0.3) is 0 Å². The van der Waals surface area contributed by atoms with Crippen molar-refractivity contribution in [1.29, 1.82) is 0 Å². The number of rotatable bonds is 3. The van der Waals surface area contributed by atoms with Gasteiger partial charge < -0.3 is 9.67 Å². The number of nitrogens with one attached hydrogen (secondary N) is 1. The van der Waals surface area contributed by atoms with E-state index >= 15 is 0 Å². The molecule has 0 radical (unpaired) electrons. The molecule has 1 aliphatic heterocycles. The van der Waals surface area contributed by atoms with Gasteiger partial charge in [0, 0.05) is 12.3 Å². The summed E-state index contributed by atoms with van der Waals surface area (Å²) in [5.74, 6) is -0.179. The van der Waals surface area contributed by atoms with Crippen LogP contribution in [-0.2, 0) is 11.3 Å². The number of carboxylic acids is 1. The molecule has 1 unspecified atom stereocenters. The van der Waals surface area contributed by atoms with Crippen molar-refractivity contribution in [2.24, 2.45) is 0 Å². The second-order valence-corrected chi connectivity index (χ2v) is 4.51. The molecule has 0 spiro atoms. The smallest absolute Gasteiger partial charge is 0.321 e. The summed E-state index contributed by atoms with van der Waals surface area (Å²) in [5.41, 5.74) is 1.05. The molecular formula is C9H13N3O2S. The summed E-state index contributed by atoms with van der Waals surface area (Å²) in [7, 11) is 0. The van der Waals surface area contributed by atoms with Gasteiger partial charge in [0.25, 0.3) is 0 Å². The van der Waals surface area contributed by atoms with Crippen LogP contribution in [0.3, 0.4) is 0 Å². The van der Waals surface area contributed by atoms with E-state index in [0.717, 1.165) is 12.2 Å². The molecular weight excluding hydrogens is 214 g/mol. The van der Waals surface area contributed by atoms with Crippen molar-refractivity contribution >= 4 is 17.7 Å². The minimum absolute atomic E-state index is 0.0496. The first-order chi connectivity index (χ1) is 7.22. The zero-order chi connectivity index (χ0) is 10.8. The van der Waals surface area contributed by atoms with Gasteiger partial charge >= 0.3 is 5.97 Å². The molecule has 15 heavy (non-hydrogen) atoms. The molecule has 6 heteroatoms. The Morgan fingerprint density at radius 3 is 3.27 bits per heavy atom. The van der Waals surface area contributed by atoms with E-state index < -0.39 is 12.0 Å². The average molecular weight is 227 g/mol. The highest BCUT2D eigenvalue weighted by Crippen LogP contribution is 2.32. The van der Waals surface area contributed by atoms with E-state index in [1.807, 2.05) is 11.5 Å². The molecule has 2 N–H and O–H groups in total. The van der Waals surface area contributed by atoms with Crippen LogP contribution in [0.1, 0.15) is 18.0 Å². The van der Waals surface area contributed by atoms with Crippen molar-refractivity contribution in [1.82, 2.24) is 14.9 Å². The lowest BCUT2D eigenvalue weighted by Crippen LogP contribution is -2.34. The van der Waals surface area contributed by atoms with Crippen molar-refractivity contribution in [3.63, 3.8) is 0 Å². The fourth-order valence-corrected chi connectivity index (χ4v) is 2.85. The Morgan fingerprint density at radius 2 is 2.67 bits per heavy atom. The van der Waals surface area contributed by atoms with Crippen LogP contribution in [0.4, 0.5) is 0 Å². The van der Waals surface area contributed by atoms with E-state index in [-0.39, 0.29) is 5.37 Å². The maximum atomic E-state index is 10.8. The molecule has 1 aromatic heterocycles. The lowest BCUT2D eigenvalue weighted by molar-refractivity contribution is -0.138. The quantitative estimate of drug-likeness (QED) is 0.795. The van der Waals surface area contributed by atoms with Crippen LogP contribution in [-0.4, -0.2) is 32.4 Å². The Balaban J connectivity index is 2.10. The van der Waals surface area contributed by atoms with Crippen LogP contribution in [0.5, 0.6) is 0 Å². The summed E-state index contributed by atoms with van der Waals surface area (Å²) in [6.45, 7) is 2.89. The number of nitrogens with zero attached hydrogens (tertiary/aromatic N) is 2. The molecule has 82 valence electrons. The van der Waals surface area contributed by atoms with Gasteiger partial charge in [-0.05, 0) is 6.92 Å². The Kier molecular flexibility index (Phi) is 2.97. The summed E-state index contributed by atoms with van der Waals surface area (Å²) in [6, 6.07) is -0.444. The highest BCUT2D eigenvalue weighted by molar-refractivity contribution is 7.99. The molecule has 2 heterocycles. The molecule has 2 rings (SSSR count). The molecule has 0 bridgehead atoms. The number of aromatic nitrogens is 2. The summed E-state index contributed by atoms with van der Waals surface area (Å²) >= 11 is 1.61. The van der Waals surface area contributed by atoms with Gasteiger partial charge in [-0.2, -0.15) is 0 Å². The van der Waals surface area contributed by atoms with Crippen molar-refractivity contribution in [3.8, 4) is 0 Å². The van der Waals surface area contributed by atoms with Crippen LogP contribution in [0, 0.1) is 0 Å². The van der Waals surface area contributed by atoms with Crippen molar-refractivity contribution < 1.29 is 9.90 Å². The first-order valence-electron chi connectivity index (χ1n) is 4.83. The lowest BCUT2D eigenvalue weighted by atomic mass is 10.3. The van der Waals surface area contributed by atoms with E-state index in [0.29, 0.717) is 5.75 Å². The number of thioether (sulfide) groups is 1. The zero-order valence-electron chi connectivity index (χ0n) is 8.38. The first-order valence-corrected chi connectivity index (χ1v) is 5.87. The molecule has 0 saturated carbocycles. The normalized spacial score (nSPS) is 25.7. The molecule has 2 atom stereocenters. The number of aryl methyl sites for hydroxylation is 1. The Bertz CT molecular complexity index is 366. The standard InChI is InChI=1S/C9H13N3O2S/c1-2-12-5-10-3-7(12)8-11-6(4-15-8)9(13)14/h3,5-6,8,11H,2,4H2,1H3,(H,13,14)/t6-,8?/m0/s1. The number of hydrogen-bond donors (Lipinski definition) is 2. The SMILES string of the molecule is CCn1cncc1C1N[C@H](C(=O)O)CS1. The summed E-state index contributed by atoms with van der Waals surface area (Å²) in [6.07, 6.45) is 3.56. The molecule has 1 saturated heterocycles. The fraction of sp³-hybridized carbons (Fsp3) is 0.556. The molecule has 0 amide bonds. The van der Waals surface area contributed by atoms with Gasteiger partial charge in [-0.25, -0.2) is 4.98 Å². The summed E-state index contributed by atoms with van der Waals surface area (Å²) < 4.78 is 2.02. The van der Waals surface area contributed by atoms with E-state index in [4.69, 9.17) is 5.11 Å². The zero-order valence-corrected chi connectivity index (χ0v) is 9.20. The Labute approximate surface area is 91.9 Å². The summed E-state index contributed by atoms with van der Waals surface area (Å²) in [4.78, 5) is 14.8. The summed E-state index contributed by atoms with van der Waals surface area (Å²) in [5, 5.41) is 12.0. The minimum Gasteiger partial charge on any atom is -0.480 e. The van der Waals surface area contributed by atoms with Gasteiger partial charge in [0.1, 0.15) is 6.04 Å². The van der Waals surface area contributed by atoms with E-state index in [1.165, 1.54) is 0 Å². The maximum absolute atomic E-state index is 10.8. The van der Waals surface area contributed by atoms with Crippen molar-refractivity contribution in [2.75, 3.05) is 5.75 Å². The van der Waals surface area contributed by atoms with Crippen LogP contribution >= 0.6 is 11.8 Å². The van der Waals surface area contributed by atoms with Gasteiger partial charge in [-0.3, -0.25) is 10.1 Å². The van der Waals surface area contributed by atoms with Gasteiger partial charge in [0.05, 0.1) is 23.6 Å². The van der Waals surface area contributed by atoms with Gasteiger partial charge in [-0.1, -0.05) is 0 Å². The lowest BCUT2D eigenvalue weighted by Gasteiger charge is -2.12. The second kappa shape index (κ2) is 4.24. The number of carbonyl (C=O) groups is 1. The first kappa shape index (κ1) is 10.5. The van der Waals surface area contributed by atoms with Crippen LogP contribution < -0.4 is 5.32 Å². The number of hydrogen-bond acceptors (Lipinski definition) is 4. The number of carboxylic acid groups (broad SMARTS) is 1. The molecule has 0 aromatic carbocycles. The van der Waals surface area contributed by atoms with E-state index in [9.17, 15) is 4.79 Å². The Morgan fingerprint density at radius 1 is 1.87 bits per heavy atom. The largest absolute Gasteiger partial charge is 0.480 e. The molecule has 0 aliphatic carbocycles. The second-order valence-electron chi connectivity index (χ2n) is 3.38. The number of imidazole rings is 1. The van der Waals surface area contributed by atoms with Gasteiger partial charge in [0.15, 0.2) is 0 Å². The highest BCUT2D eigenvalue weighted by atomic mass is 32.2. The van der Waals surface area contributed by atoms with E-state index in [2.05, 4.69) is 10.3 Å². The van der Waals surface area contributed by atoms with Crippen LogP contribution in [0.15, 0.2) is 12.5 Å². The molecule has 1 aliphatic rings. The number of aliphatic carboxylic acids is 1. The van der Waals surface area contributed by atoms with Gasteiger partial charge in [-0.15, -0.1) is 11.8 Å². The maximum Gasteiger partial charge on any atom is 0.321 e. The molecule has 1 aromatic rings. The fourth-order valence-electron chi connectivity index (χ4n) is 1.60. The third-order valence-corrected chi connectivity index (χ3v) is 3.67. The topological polar surface area (TPSA) is 67.2 Å². The van der Waals surface area contributed by atoms with E-state index in [1.54, 1.807) is 24.3 Å². The van der Waals surface area contributed by atoms with Gasteiger partial charge in [0.2, 0.25) is 0 Å². The predicted octanol–water partition coefficient (Wildman–Crippen LogP) is 0.691. The molecule has 5 nitrogen and oxygen atoms in total. The predicted molar refractivity (Wildman–Crippen MR) is 57.7 cm³/mol. The molecule has 1 fully saturated rings. The van der Waals surface area contributed by atoms with Crippen molar-refractivity contribution in [3.05, 3.63) is 18.2 Å². The highest BCUT2D eigenvalue weighted by Gasteiger charge is 2.31. The Hall–Kier alpha value is -1.01. The van der Waals surface area contributed by atoms with Crippen LogP contribution in [0.2, 0.25) is 0 Å². The third kappa shape index (κ3) is 2.00. The van der Waals surface area contributed by atoms with Crippen molar-refractivity contribution in [2.45, 2.75) is 24.9 Å². The third-order valence-electron chi connectivity index (χ3n) is 2.43. The average Bonchev–Trinajstić information content (AvgIpc) is 2.85. The monoisotopic (exact) mass is 227 g/mol. The minimum atomic E-state index is -0.785.